The second kappa shape index (κ2) is 3.73. The topological polar surface area (TPSA) is 34.1 Å². The zero-order chi connectivity index (χ0) is 10.0. The monoisotopic (exact) mass is 210 g/mol. The molecular weight excluding hydrogens is 196 g/mol. The van der Waals surface area contributed by atoms with E-state index in [4.69, 9.17) is 0 Å². The molecule has 3 heteroatoms. The highest BCUT2D eigenvalue weighted by molar-refractivity contribution is 7.92. The molecule has 2 rings (SSSR count). The van der Waals surface area contributed by atoms with Gasteiger partial charge in [-0.2, -0.15) is 0 Å². The lowest BCUT2D eigenvalue weighted by atomic mass is 10.1. The Morgan fingerprint density at radius 1 is 1.21 bits per heavy atom. The lowest BCUT2D eigenvalue weighted by Crippen LogP contribution is -2.18. The molecule has 1 saturated heterocycles. The van der Waals surface area contributed by atoms with Gasteiger partial charge in [0, 0.05) is 0 Å². The first-order chi connectivity index (χ1) is 6.68. The minimum atomic E-state index is -2.79. The molecule has 1 fully saturated rings. The highest BCUT2D eigenvalue weighted by Gasteiger charge is 2.30. The van der Waals surface area contributed by atoms with Crippen LogP contribution in [-0.4, -0.2) is 19.4 Å². The second-order valence-corrected chi connectivity index (χ2v) is 6.22. The first-order valence-electron chi connectivity index (χ1n) is 4.94. The van der Waals surface area contributed by atoms with E-state index in [-0.39, 0.29) is 5.25 Å². The van der Waals surface area contributed by atoms with Gasteiger partial charge in [0.05, 0.1) is 11.0 Å². The SMILES string of the molecule is O=S1(=O)CCCC1Cc1ccccc1. The summed E-state index contributed by atoms with van der Waals surface area (Å²) in [5, 5.41) is -0.134. The van der Waals surface area contributed by atoms with Crippen LogP contribution in [0.3, 0.4) is 0 Å². The molecule has 1 aromatic carbocycles. The molecule has 14 heavy (non-hydrogen) atoms. The van der Waals surface area contributed by atoms with E-state index in [9.17, 15) is 8.42 Å². The quantitative estimate of drug-likeness (QED) is 0.746. The number of sulfone groups is 1. The van der Waals surface area contributed by atoms with Crippen LogP contribution in [0.1, 0.15) is 18.4 Å². The summed E-state index contributed by atoms with van der Waals surface area (Å²) >= 11 is 0. The average Bonchev–Trinajstić information content (AvgIpc) is 2.48. The Bertz CT molecular complexity index is 395. The van der Waals surface area contributed by atoms with Crippen LogP contribution in [0.25, 0.3) is 0 Å². The third-order valence-electron chi connectivity index (χ3n) is 2.77. The minimum absolute atomic E-state index is 0.134. The molecular formula is C11H14O2S. The van der Waals surface area contributed by atoms with Gasteiger partial charge in [0.15, 0.2) is 9.84 Å². The predicted molar refractivity (Wildman–Crippen MR) is 57.0 cm³/mol. The summed E-state index contributed by atoms with van der Waals surface area (Å²) < 4.78 is 23.1. The van der Waals surface area contributed by atoms with Crippen molar-refractivity contribution in [3.63, 3.8) is 0 Å². The Hall–Kier alpha value is -0.830. The number of rotatable bonds is 2. The third kappa shape index (κ3) is 1.98. The van der Waals surface area contributed by atoms with Crippen LogP contribution in [0.2, 0.25) is 0 Å². The Labute approximate surface area is 84.9 Å². The highest BCUT2D eigenvalue weighted by Crippen LogP contribution is 2.23. The van der Waals surface area contributed by atoms with E-state index in [0.29, 0.717) is 12.2 Å². The Kier molecular flexibility index (Phi) is 2.59. The van der Waals surface area contributed by atoms with Gasteiger partial charge in [-0.1, -0.05) is 30.3 Å². The summed E-state index contributed by atoms with van der Waals surface area (Å²) in [5.41, 5.74) is 1.13. The number of benzene rings is 1. The van der Waals surface area contributed by atoms with Crippen LogP contribution in [0.4, 0.5) is 0 Å². The second-order valence-electron chi connectivity index (χ2n) is 3.82. The molecule has 1 unspecified atom stereocenters. The van der Waals surface area contributed by atoms with Crippen molar-refractivity contribution in [1.29, 1.82) is 0 Å². The number of hydrogen-bond acceptors (Lipinski definition) is 2. The van der Waals surface area contributed by atoms with Gasteiger partial charge < -0.3 is 0 Å². The van der Waals surface area contributed by atoms with Crippen molar-refractivity contribution in [2.75, 3.05) is 5.75 Å². The zero-order valence-electron chi connectivity index (χ0n) is 8.02. The van der Waals surface area contributed by atoms with E-state index >= 15 is 0 Å². The molecule has 0 N–H and O–H groups in total. The summed E-state index contributed by atoms with van der Waals surface area (Å²) in [5.74, 6) is 0.379. The molecule has 0 spiro atoms. The maximum Gasteiger partial charge on any atom is 0.153 e. The Morgan fingerprint density at radius 2 is 1.93 bits per heavy atom. The van der Waals surface area contributed by atoms with Gasteiger partial charge in [-0.05, 0) is 24.8 Å². The first kappa shape index (κ1) is 9.71. The van der Waals surface area contributed by atoms with Crippen LogP contribution >= 0.6 is 0 Å². The van der Waals surface area contributed by atoms with Gasteiger partial charge in [-0.3, -0.25) is 0 Å². The normalized spacial score (nSPS) is 25.0. The lowest BCUT2D eigenvalue weighted by Gasteiger charge is -2.08. The smallest absolute Gasteiger partial charge is 0.153 e. The van der Waals surface area contributed by atoms with E-state index in [0.717, 1.165) is 18.4 Å². The largest absolute Gasteiger partial charge is 0.229 e. The molecule has 1 aliphatic heterocycles. The van der Waals surface area contributed by atoms with E-state index < -0.39 is 9.84 Å². The molecule has 0 radical (unpaired) electrons. The van der Waals surface area contributed by atoms with Gasteiger partial charge in [0.2, 0.25) is 0 Å². The molecule has 1 aromatic rings. The minimum Gasteiger partial charge on any atom is -0.229 e. The van der Waals surface area contributed by atoms with Crippen molar-refractivity contribution < 1.29 is 8.42 Å². The van der Waals surface area contributed by atoms with Gasteiger partial charge in [0.25, 0.3) is 0 Å². The van der Waals surface area contributed by atoms with Gasteiger partial charge in [0.1, 0.15) is 0 Å². The average molecular weight is 210 g/mol. The number of hydrogen-bond donors (Lipinski definition) is 0. The molecule has 0 aromatic heterocycles. The standard InChI is InChI=1S/C11H14O2S/c12-14(13)8-4-7-11(14)9-10-5-2-1-3-6-10/h1-3,5-6,11H,4,7-9H2. The van der Waals surface area contributed by atoms with Crippen molar-refractivity contribution in [1.82, 2.24) is 0 Å². The van der Waals surface area contributed by atoms with Crippen molar-refractivity contribution in [2.45, 2.75) is 24.5 Å². The molecule has 1 aliphatic rings. The molecule has 0 bridgehead atoms. The van der Waals surface area contributed by atoms with Crippen molar-refractivity contribution in [3.8, 4) is 0 Å². The summed E-state index contributed by atoms with van der Waals surface area (Å²) in [6.07, 6.45) is 2.35. The van der Waals surface area contributed by atoms with Crippen LogP contribution in [0.15, 0.2) is 30.3 Å². The van der Waals surface area contributed by atoms with E-state index in [1.165, 1.54) is 0 Å². The molecule has 0 saturated carbocycles. The summed E-state index contributed by atoms with van der Waals surface area (Å²) in [6.45, 7) is 0. The summed E-state index contributed by atoms with van der Waals surface area (Å²) in [6, 6.07) is 9.85. The maximum atomic E-state index is 11.6. The van der Waals surface area contributed by atoms with Gasteiger partial charge >= 0.3 is 0 Å². The fraction of sp³-hybridized carbons (Fsp3) is 0.455. The summed E-state index contributed by atoms with van der Waals surface area (Å²) in [7, 11) is -2.79. The first-order valence-corrected chi connectivity index (χ1v) is 6.65. The highest BCUT2D eigenvalue weighted by atomic mass is 32.2. The van der Waals surface area contributed by atoms with Gasteiger partial charge in [-0.25, -0.2) is 8.42 Å². The Morgan fingerprint density at radius 3 is 2.50 bits per heavy atom. The molecule has 1 heterocycles. The van der Waals surface area contributed by atoms with Crippen LogP contribution in [0.5, 0.6) is 0 Å². The maximum absolute atomic E-state index is 11.6. The fourth-order valence-corrected chi connectivity index (χ4v) is 3.84. The molecule has 0 amide bonds. The third-order valence-corrected chi connectivity index (χ3v) is 5.04. The molecule has 76 valence electrons. The van der Waals surface area contributed by atoms with Gasteiger partial charge in [-0.15, -0.1) is 0 Å². The fourth-order valence-electron chi connectivity index (χ4n) is 1.96. The van der Waals surface area contributed by atoms with Crippen LogP contribution in [-0.2, 0) is 16.3 Å². The van der Waals surface area contributed by atoms with Crippen molar-refractivity contribution >= 4 is 9.84 Å². The van der Waals surface area contributed by atoms with Crippen LogP contribution < -0.4 is 0 Å². The predicted octanol–water partition coefficient (Wildman–Crippen LogP) is 1.81. The lowest BCUT2D eigenvalue weighted by molar-refractivity contribution is 0.588. The summed E-state index contributed by atoms with van der Waals surface area (Å²) in [4.78, 5) is 0. The molecule has 0 aliphatic carbocycles. The molecule has 1 atom stereocenters. The Balaban J connectivity index is 2.13. The molecule has 2 nitrogen and oxygen atoms in total. The van der Waals surface area contributed by atoms with Crippen molar-refractivity contribution in [2.24, 2.45) is 0 Å². The zero-order valence-corrected chi connectivity index (χ0v) is 8.83. The van der Waals surface area contributed by atoms with E-state index in [1.807, 2.05) is 30.3 Å². The van der Waals surface area contributed by atoms with Crippen LogP contribution in [0, 0.1) is 0 Å². The van der Waals surface area contributed by atoms with Crippen molar-refractivity contribution in [3.05, 3.63) is 35.9 Å². The van der Waals surface area contributed by atoms with E-state index in [2.05, 4.69) is 0 Å². The van der Waals surface area contributed by atoms with E-state index in [1.54, 1.807) is 0 Å².